The summed E-state index contributed by atoms with van der Waals surface area (Å²) in [5.41, 5.74) is -0.651. The third kappa shape index (κ3) is 7.70. The molecule has 3 amide bonds. The van der Waals surface area contributed by atoms with Crippen molar-refractivity contribution in [2.24, 2.45) is 0 Å². The highest BCUT2D eigenvalue weighted by atomic mass is 16.6. The highest BCUT2D eigenvalue weighted by Gasteiger charge is 2.72. The SMILES string of the molecule is COc1ccc2c3c1O[C@H]1C(OC(=O)[C@H](C)OC(=O)CCNC(=O)[C@H](CCCCNC(=O)OC(C)(C)C)NC(C)=O)=CC[C@@]4(O)[C@H](C2)N(C)CC[C@]314. The number of carbonyl (C=O) groups is 5. The number of likely N-dealkylation sites (tertiary alicyclic amines) is 1. The number of rotatable bonds is 14. The molecule has 1 aromatic carbocycles. The summed E-state index contributed by atoms with van der Waals surface area (Å²) in [6, 6.07) is 2.87. The zero-order valence-corrected chi connectivity index (χ0v) is 31.1. The van der Waals surface area contributed by atoms with E-state index < -0.39 is 58.8 Å². The molecule has 2 heterocycles. The number of hydrogen-bond acceptors (Lipinski definition) is 12. The van der Waals surface area contributed by atoms with Gasteiger partial charge in [-0.15, -0.1) is 0 Å². The second-order valence-electron chi connectivity index (χ2n) is 15.1. The Morgan fingerprint density at radius 1 is 1.12 bits per heavy atom. The van der Waals surface area contributed by atoms with Gasteiger partial charge in [0.25, 0.3) is 0 Å². The first-order valence-corrected chi connectivity index (χ1v) is 17.9. The van der Waals surface area contributed by atoms with Crippen molar-refractivity contribution in [1.82, 2.24) is 20.9 Å². The zero-order valence-electron chi connectivity index (χ0n) is 31.1. The summed E-state index contributed by atoms with van der Waals surface area (Å²) in [4.78, 5) is 64.5. The number of nitrogens with zero attached hydrogens (tertiary/aromatic N) is 1. The van der Waals surface area contributed by atoms with E-state index >= 15 is 0 Å². The van der Waals surface area contributed by atoms with Gasteiger partial charge in [0, 0.05) is 38.0 Å². The van der Waals surface area contributed by atoms with Gasteiger partial charge in [-0.2, -0.15) is 0 Å². The Bertz CT molecular complexity index is 1610. The molecular formula is C37H52N4O11. The number of alkyl carbamates (subject to hydrolysis) is 1. The summed E-state index contributed by atoms with van der Waals surface area (Å²) in [5.74, 6) is -1.06. The molecule has 1 spiro atoms. The predicted molar refractivity (Wildman–Crippen MR) is 186 cm³/mol. The molecule has 15 heteroatoms. The summed E-state index contributed by atoms with van der Waals surface area (Å²) >= 11 is 0. The molecule has 1 fully saturated rings. The van der Waals surface area contributed by atoms with Gasteiger partial charge in [-0.3, -0.25) is 14.4 Å². The fraction of sp³-hybridized carbons (Fsp3) is 0.649. The number of aliphatic hydroxyl groups is 1. The third-order valence-electron chi connectivity index (χ3n) is 10.3. The fourth-order valence-electron chi connectivity index (χ4n) is 7.99. The van der Waals surface area contributed by atoms with Crippen molar-refractivity contribution < 1.29 is 52.8 Å². The van der Waals surface area contributed by atoms with Gasteiger partial charge >= 0.3 is 18.0 Å². The molecule has 5 rings (SSSR count). The average molecular weight is 729 g/mol. The first-order chi connectivity index (χ1) is 24.5. The van der Waals surface area contributed by atoms with Crippen LogP contribution in [-0.4, -0.2) is 109 Å². The molecule has 0 radical (unpaired) electrons. The maximum atomic E-state index is 13.3. The van der Waals surface area contributed by atoms with E-state index in [1.165, 1.54) is 13.8 Å². The van der Waals surface area contributed by atoms with E-state index in [-0.39, 0.29) is 37.1 Å². The minimum atomic E-state index is -1.27. The number of benzene rings is 1. The minimum Gasteiger partial charge on any atom is -0.493 e. The number of amides is 3. The molecule has 0 unspecified atom stereocenters. The normalized spacial score (nSPS) is 25.3. The number of unbranched alkanes of at least 4 members (excludes halogenated alkanes) is 1. The smallest absolute Gasteiger partial charge is 0.407 e. The summed E-state index contributed by atoms with van der Waals surface area (Å²) in [7, 11) is 3.57. The molecule has 4 N–H and O–H groups in total. The second-order valence-corrected chi connectivity index (χ2v) is 15.1. The lowest BCUT2D eigenvalue weighted by atomic mass is 9.50. The Morgan fingerprint density at radius 3 is 2.56 bits per heavy atom. The van der Waals surface area contributed by atoms with Crippen molar-refractivity contribution in [3.63, 3.8) is 0 Å². The zero-order chi connectivity index (χ0) is 38.0. The molecule has 0 aromatic heterocycles. The van der Waals surface area contributed by atoms with Gasteiger partial charge in [0.15, 0.2) is 23.7 Å². The van der Waals surface area contributed by atoms with E-state index in [2.05, 4.69) is 20.9 Å². The lowest BCUT2D eigenvalue weighted by molar-refractivity contribution is -0.175. The Labute approximate surface area is 304 Å². The monoisotopic (exact) mass is 728 g/mol. The number of piperidine rings is 1. The maximum Gasteiger partial charge on any atom is 0.407 e. The van der Waals surface area contributed by atoms with Gasteiger partial charge in [-0.1, -0.05) is 6.07 Å². The van der Waals surface area contributed by atoms with Gasteiger partial charge in [0.1, 0.15) is 17.4 Å². The molecule has 6 atom stereocenters. The van der Waals surface area contributed by atoms with Crippen molar-refractivity contribution in [2.75, 3.05) is 33.8 Å². The highest BCUT2D eigenvalue weighted by Crippen LogP contribution is 2.65. The number of carbonyl (C=O) groups excluding carboxylic acids is 5. The molecule has 4 aliphatic rings. The largest absolute Gasteiger partial charge is 0.493 e. The van der Waals surface area contributed by atoms with E-state index in [9.17, 15) is 29.1 Å². The Morgan fingerprint density at radius 2 is 1.87 bits per heavy atom. The van der Waals surface area contributed by atoms with Crippen LogP contribution in [0.25, 0.3) is 0 Å². The molecule has 0 saturated carbocycles. The standard InChI is InChI=1S/C37H52N4O11/c1-21(49-28(43)14-18-38-32(44)24(40-22(2)42)10-8-9-17-39-34(46)52-35(3,4)5)33(45)50-26-13-15-37(47)27-20-23-11-12-25(48-7)30-29(23)36(37,31(26)51-30)16-19-41(27)6/h11-13,21,24,27,31,47H,8-10,14-20H2,1-7H3,(H,38,44)(H,39,46)(H,40,42)/t21-,24-,27-,31-,36-,37+/m0/s1. The number of likely N-dealkylation sites (N-methyl/N-ethyl adjacent to an activating group) is 1. The van der Waals surface area contributed by atoms with E-state index in [1.807, 2.05) is 19.2 Å². The summed E-state index contributed by atoms with van der Waals surface area (Å²) in [6.07, 6.45) is 1.74. The number of methoxy groups -OCH3 is 1. The van der Waals surface area contributed by atoms with Crippen LogP contribution < -0.4 is 25.4 Å². The molecule has 1 aromatic rings. The van der Waals surface area contributed by atoms with Crippen LogP contribution in [0.5, 0.6) is 11.5 Å². The van der Waals surface area contributed by atoms with Crippen LogP contribution in [0.1, 0.15) is 84.3 Å². The maximum absolute atomic E-state index is 13.3. The lowest BCUT2D eigenvalue weighted by Gasteiger charge is -2.61. The van der Waals surface area contributed by atoms with Crippen LogP contribution in [0.2, 0.25) is 0 Å². The predicted octanol–water partition coefficient (Wildman–Crippen LogP) is 2.15. The van der Waals surface area contributed by atoms with Crippen molar-refractivity contribution in [3.8, 4) is 11.5 Å². The fourth-order valence-corrected chi connectivity index (χ4v) is 7.99. The summed E-state index contributed by atoms with van der Waals surface area (Å²) in [6.45, 7) is 8.97. The van der Waals surface area contributed by atoms with E-state index in [0.29, 0.717) is 56.7 Å². The average Bonchev–Trinajstić information content (AvgIpc) is 3.42. The Balaban J connectivity index is 1.12. The van der Waals surface area contributed by atoms with Gasteiger partial charge < -0.3 is 49.6 Å². The molecule has 2 aliphatic carbocycles. The van der Waals surface area contributed by atoms with Crippen LogP contribution in [0.15, 0.2) is 24.0 Å². The van der Waals surface area contributed by atoms with E-state index in [1.54, 1.807) is 34.0 Å². The Kier molecular flexibility index (Phi) is 11.4. The van der Waals surface area contributed by atoms with E-state index in [4.69, 9.17) is 23.7 Å². The van der Waals surface area contributed by atoms with Crippen molar-refractivity contribution in [1.29, 1.82) is 0 Å². The van der Waals surface area contributed by atoms with Crippen LogP contribution in [0.3, 0.4) is 0 Å². The first kappa shape index (κ1) is 38.9. The molecule has 2 aliphatic heterocycles. The van der Waals surface area contributed by atoms with Crippen molar-refractivity contribution in [2.45, 2.75) is 120 Å². The summed E-state index contributed by atoms with van der Waals surface area (Å²) in [5, 5.41) is 20.2. The molecular weight excluding hydrogens is 676 g/mol. The lowest BCUT2D eigenvalue weighted by Crippen LogP contribution is -2.74. The van der Waals surface area contributed by atoms with Gasteiger partial charge in [-0.05, 0) is 91.1 Å². The molecule has 286 valence electrons. The van der Waals surface area contributed by atoms with Gasteiger partial charge in [0.2, 0.25) is 11.8 Å². The summed E-state index contributed by atoms with van der Waals surface area (Å²) < 4.78 is 28.5. The molecule has 15 nitrogen and oxygen atoms in total. The second kappa shape index (κ2) is 15.3. The van der Waals surface area contributed by atoms with Crippen LogP contribution >= 0.6 is 0 Å². The quantitative estimate of drug-likeness (QED) is 0.124. The number of nitrogens with one attached hydrogen (secondary N) is 3. The third-order valence-corrected chi connectivity index (χ3v) is 10.3. The van der Waals surface area contributed by atoms with Crippen LogP contribution in [0.4, 0.5) is 4.79 Å². The molecule has 52 heavy (non-hydrogen) atoms. The highest BCUT2D eigenvalue weighted by molar-refractivity contribution is 5.87. The van der Waals surface area contributed by atoms with Gasteiger partial charge in [0.05, 0.1) is 24.5 Å². The Hall–Kier alpha value is -4.37. The van der Waals surface area contributed by atoms with Gasteiger partial charge in [-0.25, -0.2) is 9.59 Å². The van der Waals surface area contributed by atoms with Crippen LogP contribution in [-0.2, 0) is 45.2 Å². The number of hydrogen-bond donors (Lipinski definition) is 4. The van der Waals surface area contributed by atoms with Crippen molar-refractivity contribution in [3.05, 3.63) is 35.1 Å². The number of esters is 2. The van der Waals surface area contributed by atoms with Crippen LogP contribution in [0, 0.1) is 0 Å². The van der Waals surface area contributed by atoms with E-state index in [0.717, 1.165) is 11.1 Å². The molecule has 1 saturated heterocycles. The first-order valence-electron chi connectivity index (χ1n) is 17.9. The topological polar surface area (TPSA) is 191 Å². The minimum absolute atomic E-state index is 0.0874. The molecule has 2 bridgehead atoms. The number of ether oxygens (including phenoxy) is 5. The van der Waals surface area contributed by atoms with Crippen molar-refractivity contribution >= 4 is 29.8 Å².